The van der Waals surface area contributed by atoms with E-state index in [2.05, 4.69) is 16.4 Å². The number of nitriles is 1. The molecule has 1 aromatic heterocycles. The summed E-state index contributed by atoms with van der Waals surface area (Å²) in [7, 11) is 0. The van der Waals surface area contributed by atoms with Crippen LogP contribution < -0.4 is 5.32 Å². The van der Waals surface area contributed by atoms with Crippen molar-refractivity contribution in [1.29, 1.82) is 5.26 Å². The lowest BCUT2D eigenvalue weighted by Crippen LogP contribution is -2.29. The van der Waals surface area contributed by atoms with Crippen molar-refractivity contribution in [2.45, 2.75) is 38.7 Å². The number of carbonyl (C=O) groups is 2. The molecule has 3 rings (SSSR count). The number of fused-ring (bicyclic) bond motifs is 1. The Hall–Kier alpha value is -3.24. The number of aryl methyl sites for hydroxylation is 1. The number of amides is 1. The molecule has 0 aliphatic heterocycles. The number of anilines is 1. The van der Waals surface area contributed by atoms with Crippen molar-refractivity contribution in [1.82, 2.24) is 4.98 Å². The van der Waals surface area contributed by atoms with Crippen LogP contribution in [-0.2, 0) is 20.7 Å². The van der Waals surface area contributed by atoms with Crippen molar-refractivity contribution < 1.29 is 14.3 Å². The van der Waals surface area contributed by atoms with Gasteiger partial charge in [-0.2, -0.15) is 5.26 Å². The molecule has 1 N–H and O–H groups in total. The molecule has 0 fully saturated rings. The lowest BCUT2D eigenvalue weighted by molar-refractivity contribution is -0.153. The van der Waals surface area contributed by atoms with E-state index in [4.69, 9.17) is 10.00 Å². The number of nitrogens with one attached hydrogen (secondary N) is 1. The van der Waals surface area contributed by atoms with E-state index in [1.807, 2.05) is 24.3 Å². The van der Waals surface area contributed by atoms with Crippen molar-refractivity contribution in [2.24, 2.45) is 0 Å². The number of esters is 1. The number of aromatic nitrogens is 1. The minimum atomic E-state index is -0.905. The van der Waals surface area contributed by atoms with Gasteiger partial charge in [0.15, 0.2) is 6.10 Å². The molecule has 1 amide bonds. The fraction of sp³-hybridized carbons (Fsp3) is 0.273. The average Bonchev–Trinajstić information content (AvgIpc) is 3.14. The normalized spacial score (nSPS) is 11.6. The van der Waals surface area contributed by atoms with Gasteiger partial charge in [-0.25, -0.2) is 4.98 Å². The molecular formula is C22H21N3O3S. The molecule has 2 aromatic carbocycles. The number of ether oxygens (including phenoxy) is 1. The molecule has 29 heavy (non-hydrogen) atoms. The second-order valence-corrected chi connectivity index (χ2v) is 7.71. The molecule has 7 heteroatoms. The standard InChI is InChI=1S/C22H21N3O3S/c1-15(22(27)24-17-8-6-7-16(13-17)14-23)28-21(26)12-5-4-11-20-25-18-9-2-3-10-19(18)29-20/h2-3,6-10,13,15H,4-5,11-12H2,1H3,(H,24,27)/t15-/m0/s1. The largest absolute Gasteiger partial charge is 0.453 e. The number of nitrogens with zero attached hydrogens (tertiary/aromatic N) is 2. The van der Waals surface area contributed by atoms with Crippen LogP contribution in [-0.4, -0.2) is 23.0 Å². The summed E-state index contributed by atoms with van der Waals surface area (Å²) in [6.07, 6.45) is 1.67. The maximum absolute atomic E-state index is 12.2. The molecule has 0 saturated carbocycles. The third-order valence-electron chi connectivity index (χ3n) is 4.30. The summed E-state index contributed by atoms with van der Waals surface area (Å²) in [5.74, 6) is -0.828. The van der Waals surface area contributed by atoms with Crippen LogP contribution in [0.1, 0.15) is 36.8 Å². The number of benzene rings is 2. The minimum Gasteiger partial charge on any atom is -0.453 e. The average molecular weight is 407 g/mol. The molecule has 148 valence electrons. The maximum Gasteiger partial charge on any atom is 0.306 e. The van der Waals surface area contributed by atoms with Gasteiger partial charge in [-0.05, 0) is 56.5 Å². The Morgan fingerprint density at radius 2 is 2.03 bits per heavy atom. The van der Waals surface area contributed by atoms with E-state index in [9.17, 15) is 9.59 Å². The second-order valence-electron chi connectivity index (χ2n) is 6.60. The van der Waals surface area contributed by atoms with Crippen LogP contribution in [0.3, 0.4) is 0 Å². The van der Waals surface area contributed by atoms with Crippen molar-refractivity contribution in [2.75, 3.05) is 5.32 Å². The van der Waals surface area contributed by atoms with Gasteiger partial charge < -0.3 is 10.1 Å². The van der Waals surface area contributed by atoms with Gasteiger partial charge in [0, 0.05) is 12.1 Å². The Balaban J connectivity index is 1.39. The van der Waals surface area contributed by atoms with E-state index < -0.39 is 18.0 Å². The van der Waals surface area contributed by atoms with Crippen LogP contribution in [0.15, 0.2) is 48.5 Å². The molecule has 3 aromatic rings. The van der Waals surface area contributed by atoms with Crippen LogP contribution in [0.2, 0.25) is 0 Å². The van der Waals surface area contributed by atoms with Gasteiger partial charge in [0.2, 0.25) is 0 Å². The first-order chi connectivity index (χ1) is 14.0. The first-order valence-corrected chi connectivity index (χ1v) is 10.2. The van der Waals surface area contributed by atoms with E-state index >= 15 is 0 Å². The highest BCUT2D eigenvalue weighted by molar-refractivity contribution is 7.18. The van der Waals surface area contributed by atoms with Gasteiger partial charge in [-0.1, -0.05) is 18.2 Å². The first-order valence-electron chi connectivity index (χ1n) is 9.40. The Bertz CT molecular complexity index is 1020. The van der Waals surface area contributed by atoms with Crippen LogP contribution in [0.25, 0.3) is 10.2 Å². The molecule has 0 bridgehead atoms. The third kappa shape index (κ3) is 5.87. The van der Waals surface area contributed by atoms with E-state index in [1.54, 1.807) is 35.6 Å². The zero-order valence-electron chi connectivity index (χ0n) is 16.1. The highest BCUT2D eigenvalue weighted by Gasteiger charge is 2.18. The number of rotatable bonds is 8. The zero-order valence-corrected chi connectivity index (χ0v) is 16.9. The summed E-state index contributed by atoms with van der Waals surface area (Å²) in [6.45, 7) is 1.53. The summed E-state index contributed by atoms with van der Waals surface area (Å²) < 4.78 is 6.38. The molecule has 6 nitrogen and oxygen atoms in total. The van der Waals surface area contributed by atoms with E-state index in [0.29, 0.717) is 17.7 Å². The highest BCUT2D eigenvalue weighted by atomic mass is 32.1. The van der Waals surface area contributed by atoms with Gasteiger partial charge in [-0.15, -0.1) is 11.3 Å². The Labute approximate surface area is 173 Å². The fourth-order valence-electron chi connectivity index (χ4n) is 2.79. The summed E-state index contributed by atoms with van der Waals surface area (Å²) in [5.41, 5.74) is 1.94. The van der Waals surface area contributed by atoms with Crippen molar-refractivity contribution in [3.63, 3.8) is 0 Å². The molecule has 1 atom stereocenters. The first kappa shape index (κ1) is 20.5. The second kappa shape index (κ2) is 9.80. The zero-order chi connectivity index (χ0) is 20.6. The van der Waals surface area contributed by atoms with E-state index in [0.717, 1.165) is 23.4 Å². The van der Waals surface area contributed by atoms with Gasteiger partial charge in [0.25, 0.3) is 5.91 Å². The molecule has 0 aliphatic carbocycles. The van der Waals surface area contributed by atoms with Crippen molar-refractivity contribution >= 4 is 39.1 Å². The summed E-state index contributed by atoms with van der Waals surface area (Å²) in [4.78, 5) is 28.8. The number of carbonyl (C=O) groups excluding carboxylic acids is 2. The van der Waals surface area contributed by atoms with Crippen LogP contribution in [0.5, 0.6) is 0 Å². The van der Waals surface area contributed by atoms with Crippen molar-refractivity contribution in [3.05, 3.63) is 59.1 Å². The number of thiazole rings is 1. The van der Waals surface area contributed by atoms with Gasteiger partial charge in [0.05, 0.1) is 26.9 Å². The predicted molar refractivity (Wildman–Crippen MR) is 113 cm³/mol. The number of hydrogen-bond acceptors (Lipinski definition) is 6. The molecule has 1 heterocycles. The third-order valence-corrected chi connectivity index (χ3v) is 5.39. The minimum absolute atomic E-state index is 0.256. The molecule has 0 unspecified atom stereocenters. The molecular weight excluding hydrogens is 386 g/mol. The predicted octanol–water partition coefficient (Wildman–Crippen LogP) is 4.45. The molecule has 0 radical (unpaired) electrons. The van der Waals surface area contributed by atoms with Gasteiger partial charge in [0.1, 0.15) is 0 Å². The molecule has 0 spiro atoms. The topological polar surface area (TPSA) is 92.1 Å². The maximum atomic E-state index is 12.2. The monoisotopic (exact) mass is 407 g/mol. The molecule has 0 saturated heterocycles. The van der Waals surface area contributed by atoms with E-state index in [1.165, 1.54) is 11.6 Å². The van der Waals surface area contributed by atoms with Gasteiger partial charge in [-0.3, -0.25) is 9.59 Å². The summed E-state index contributed by atoms with van der Waals surface area (Å²) in [6, 6.07) is 16.6. The number of para-hydroxylation sites is 1. The Morgan fingerprint density at radius 3 is 2.83 bits per heavy atom. The van der Waals surface area contributed by atoms with Crippen LogP contribution in [0, 0.1) is 11.3 Å². The SMILES string of the molecule is C[C@H](OC(=O)CCCCc1nc2ccccc2s1)C(=O)Nc1cccc(C#N)c1. The van der Waals surface area contributed by atoms with Crippen LogP contribution in [0.4, 0.5) is 5.69 Å². The number of unbranched alkanes of at least 4 members (excludes halogenated alkanes) is 1. The number of hydrogen-bond donors (Lipinski definition) is 1. The quantitative estimate of drug-likeness (QED) is 0.440. The van der Waals surface area contributed by atoms with Crippen molar-refractivity contribution in [3.8, 4) is 6.07 Å². The fourth-order valence-corrected chi connectivity index (χ4v) is 3.80. The van der Waals surface area contributed by atoms with Gasteiger partial charge >= 0.3 is 5.97 Å². The van der Waals surface area contributed by atoms with Crippen LogP contribution >= 0.6 is 11.3 Å². The Kier molecular flexibility index (Phi) is 6.93. The highest BCUT2D eigenvalue weighted by Crippen LogP contribution is 2.23. The Morgan fingerprint density at radius 1 is 1.21 bits per heavy atom. The molecule has 0 aliphatic rings. The lowest BCUT2D eigenvalue weighted by atomic mass is 10.2. The van der Waals surface area contributed by atoms with E-state index in [-0.39, 0.29) is 6.42 Å². The smallest absolute Gasteiger partial charge is 0.306 e. The summed E-state index contributed by atoms with van der Waals surface area (Å²) in [5, 5.41) is 12.6. The summed E-state index contributed by atoms with van der Waals surface area (Å²) >= 11 is 1.67. The lowest BCUT2D eigenvalue weighted by Gasteiger charge is -2.13.